The van der Waals surface area contributed by atoms with E-state index < -0.39 is 25.1 Å². The predicted octanol–water partition coefficient (Wildman–Crippen LogP) is 5.26. The van der Waals surface area contributed by atoms with Crippen molar-refractivity contribution in [2.45, 2.75) is 28.0 Å². The van der Waals surface area contributed by atoms with E-state index in [-0.39, 0.29) is 17.3 Å². The summed E-state index contributed by atoms with van der Waals surface area (Å²) in [5.74, 6) is -0.459. The minimum atomic E-state index is -3.92. The maximum absolute atomic E-state index is 14.0. The first kappa shape index (κ1) is 29.7. The van der Waals surface area contributed by atoms with Gasteiger partial charge in [-0.3, -0.25) is 4.79 Å². The van der Waals surface area contributed by atoms with Crippen molar-refractivity contribution in [3.8, 4) is 5.75 Å². The Hall–Kier alpha value is -2.30. The molecule has 4 rings (SSSR count). The Kier molecular flexibility index (Phi) is 8.59. The topological polar surface area (TPSA) is 79.0 Å². The smallest absolute Gasteiger partial charge is 0.274 e. The van der Waals surface area contributed by atoms with Crippen molar-refractivity contribution in [2.24, 2.45) is 0 Å². The van der Waals surface area contributed by atoms with E-state index in [0.717, 1.165) is 16.3 Å². The first-order valence-electron chi connectivity index (χ1n) is 12.2. The van der Waals surface area contributed by atoms with Crippen molar-refractivity contribution < 1.29 is 22.3 Å². The molecule has 7 nitrogen and oxygen atoms in total. The number of rotatable bonds is 7. The number of carbonyl (C=O) groups is 1. The molecule has 3 aromatic carbocycles. The number of hydrogen-bond donors (Lipinski definition) is 1. The second kappa shape index (κ2) is 11.3. The minimum absolute atomic E-state index is 0.0675. The van der Waals surface area contributed by atoms with Gasteiger partial charge in [-0.15, -0.1) is 0 Å². The highest BCUT2D eigenvalue weighted by molar-refractivity contribution is 7.89. The molecule has 1 N–H and O–H groups in total. The van der Waals surface area contributed by atoms with E-state index >= 15 is 0 Å². The van der Waals surface area contributed by atoms with Gasteiger partial charge in [0.25, 0.3) is 9.70 Å². The van der Waals surface area contributed by atoms with Crippen molar-refractivity contribution >= 4 is 67.2 Å². The number of piperazine rings is 1. The molecular weight excluding hydrogens is 588 g/mol. The molecule has 0 spiro atoms. The Balaban J connectivity index is 1.54. The third-order valence-corrected chi connectivity index (χ3v) is 8.77. The zero-order chi connectivity index (χ0) is 28.6. The van der Waals surface area contributed by atoms with Crippen LogP contribution in [0.15, 0.2) is 59.5 Å². The molecule has 210 valence electrons. The van der Waals surface area contributed by atoms with Crippen LogP contribution < -0.4 is 14.4 Å². The van der Waals surface area contributed by atoms with E-state index in [2.05, 4.69) is 4.72 Å². The van der Waals surface area contributed by atoms with Gasteiger partial charge < -0.3 is 14.5 Å². The number of nitrogens with zero attached hydrogens (tertiary/aromatic N) is 2. The van der Waals surface area contributed by atoms with E-state index in [4.69, 9.17) is 39.5 Å². The molecule has 1 heterocycles. The van der Waals surface area contributed by atoms with Crippen molar-refractivity contribution in [3.63, 3.8) is 0 Å². The second-order valence-corrected chi connectivity index (χ2v) is 14.0. The Morgan fingerprint density at radius 2 is 1.72 bits per heavy atom. The van der Waals surface area contributed by atoms with E-state index in [9.17, 15) is 17.6 Å². The quantitative estimate of drug-likeness (QED) is 0.367. The lowest BCUT2D eigenvalue weighted by molar-refractivity contribution is -0.130. The fourth-order valence-electron chi connectivity index (χ4n) is 4.70. The van der Waals surface area contributed by atoms with Gasteiger partial charge in [0, 0.05) is 38.1 Å². The number of anilines is 1. The first-order valence-corrected chi connectivity index (χ1v) is 14.8. The number of amides is 1. The molecule has 0 unspecified atom stereocenters. The molecule has 1 saturated heterocycles. The highest BCUT2D eigenvalue weighted by Gasteiger charge is 2.37. The van der Waals surface area contributed by atoms with Gasteiger partial charge in [0.2, 0.25) is 10.0 Å². The first-order chi connectivity index (χ1) is 18.2. The third-order valence-electron chi connectivity index (χ3n) is 6.89. The van der Waals surface area contributed by atoms with Gasteiger partial charge in [0.1, 0.15) is 11.6 Å². The lowest BCUT2D eigenvalue weighted by atomic mass is 9.82. The summed E-state index contributed by atoms with van der Waals surface area (Å²) >= 11 is 17.2. The summed E-state index contributed by atoms with van der Waals surface area (Å²) in [4.78, 5) is 15.7. The van der Waals surface area contributed by atoms with Gasteiger partial charge in [0.15, 0.2) is 0 Å². The lowest BCUT2D eigenvalue weighted by Gasteiger charge is -2.37. The third kappa shape index (κ3) is 6.55. The average Bonchev–Trinajstić information content (AvgIpc) is 2.90. The Morgan fingerprint density at radius 3 is 2.36 bits per heavy atom. The molecule has 1 aliphatic rings. The molecule has 0 aromatic heterocycles. The molecule has 0 bridgehead atoms. The fraction of sp³-hybridized carbons (Fsp3) is 0.370. The molecule has 0 aliphatic carbocycles. The molecule has 0 saturated carbocycles. The molecule has 3 aromatic rings. The van der Waals surface area contributed by atoms with Crippen LogP contribution in [0.25, 0.3) is 10.8 Å². The standard InChI is InChI=1S/C27H29Cl3FN3O4S/c1-26(2,22-6-4-5-18-7-8-19(31)15-21(18)22)17-32-39(36,37)20-9-10-24(38-3)23(16-20)33-11-13-34(14-12-33)25(35)27(28,29)30/h4-10,15-16,32H,11-14,17H2,1-3H3. The number of alkyl halides is 3. The normalized spacial score (nSPS) is 15.1. The van der Waals surface area contributed by atoms with Crippen LogP contribution in [0.2, 0.25) is 0 Å². The van der Waals surface area contributed by atoms with Gasteiger partial charge >= 0.3 is 0 Å². The maximum Gasteiger partial charge on any atom is 0.274 e. The number of benzene rings is 3. The lowest BCUT2D eigenvalue weighted by Crippen LogP contribution is -2.51. The van der Waals surface area contributed by atoms with E-state index in [1.165, 1.54) is 30.2 Å². The summed E-state index contributed by atoms with van der Waals surface area (Å²) in [7, 11) is -2.41. The summed E-state index contributed by atoms with van der Waals surface area (Å²) in [5.41, 5.74) is 0.770. The van der Waals surface area contributed by atoms with Crippen LogP contribution in [0.1, 0.15) is 19.4 Å². The molecule has 39 heavy (non-hydrogen) atoms. The average molecular weight is 617 g/mol. The highest BCUT2D eigenvalue weighted by atomic mass is 35.6. The number of hydrogen-bond acceptors (Lipinski definition) is 5. The van der Waals surface area contributed by atoms with Crippen LogP contribution >= 0.6 is 34.8 Å². The summed E-state index contributed by atoms with van der Waals surface area (Å²) in [6.07, 6.45) is 0. The Morgan fingerprint density at radius 1 is 1.03 bits per heavy atom. The van der Waals surface area contributed by atoms with Gasteiger partial charge in [-0.1, -0.05) is 72.9 Å². The minimum Gasteiger partial charge on any atom is -0.495 e. The summed E-state index contributed by atoms with van der Waals surface area (Å²) in [5, 5.41) is 1.61. The van der Waals surface area contributed by atoms with Crippen molar-refractivity contribution in [1.82, 2.24) is 9.62 Å². The van der Waals surface area contributed by atoms with Crippen LogP contribution in [-0.4, -0.2) is 62.9 Å². The maximum atomic E-state index is 14.0. The zero-order valence-corrected chi connectivity index (χ0v) is 24.8. The van der Waals surface area contributed by atoms with Gasteiger partial charge in [-0.2, -0.15) is 0 Å². The number of ether oxygens (including phenoxy) is 1. The number of nitrogens with one attached hydrogen (secondary N) is 1. The van der Waals surface area contributed by atoms with E-state index in [1.807, 2.05) is 36.9 Å². The molecule has 12 heteroatoms. The number of methoxy groups -OCH3 is 1. The number of fused-ring (bicyclic) bond motifs is 1. The SMILES string of the molecule is COc1ccc(S(=O)(=O)NCC(C)(C)c2cccc3ccc(F)cc23)cc1N1CCN(C(=O)C(Cl)(Cl)Cl)CC1. The highest BCUT2D eigenvalue weighted by Crippen LogP contribution is 2.34. The molecule has 1 aliphatic heterocycles. The monoisotopic (exact) mass is 615 g/mol. The molecule has 1 fully saturated rings. The van der Waals surface area contributed by atoms with Gasteiger partial charge in [-0.05, 0) is 46.7 Å². The zero-order valence-electron chi connectivity index (χ0n) is 21.7. The number of halogens is 4. The summed E-state index contributed by atoms with van der Waals surface area (Å²) < 4.78 is 47.0. The van der Waals surface area contributed by atoms with Crippen LogP contribution in [0, 0.1) is 5.82 Å². The summed E-state index contributed by atoms with van der Waals surface area (Å²) in [6, 6.07) is 14.9. The van der Waals surface area contributed by atoms with E-state index in [1.54, 1.807) is 18.2 Å². The summed E-state index contributed by atoms with van der Waals surface area (Å²) in [6.45, 7) is 5.29. The molecule has 1 amide bonds. The van der Waals surface area contributed by atoms with Crippen LogP contribution in [0.5, 0.6) is 5.75 Å². The fourth-order valence-corrected chi connectivity index (χ4v) is 6.29. The largest absolute Gasteiger partial charge is 0.495 e. The van der Waals surface area contributed by atoms with Crippen molar-refractivity contribution in [3.05, 3.63) is 66.0 Å². The molecule has 0 radical (unpaired) electrons. The van der Waals surface area contributed by atoms with Gasteiger partial charge in [-0.25, -0.2) is 17.5 Å². The second-order valence-electron chi connectivity index (χ2n) is 9.99. The molecule has 0 atom stereocenters. The van der Waals surface area contributed by atoms with Gasteiger partial charge in [0.05, 0.1) is 17.7 Å². The van der Waals surface area contributed by atoms with Crippen molar-refractivity contribution in [1.29, 1.82) is 0 Å². The van der Waals surface area contributed by atoms with Crippen LogP contribution in [0.3, 0.4) is 0 Å². The van der Waals surface area contributed by atoms with Crippen molar-refractivity contribution in [2.75, 3.05) is 44.7 Å². The Bertz CT molecular complexity index is 1490. The number of sulfonamides is 1. The van der Waals surface area contributed by atoms with Crippen LogP contribution in [0.4, 0.5) is 10.1 Å². The Labute approximate surface area is 242 Å². The molecular formula is C27H29Cl3FN3O4S. The predicted molar refractivity (Wildman–Crippen MR) is 154 cm³/mol. The number of carbonyl (C=O) groups excluding carboxylic acids is 1. The van der Waals surface area contributed by atoms with E-state index in [0.29, 0.717) is 37.6 Å². The van der Waals surface area contributed by atoms with Crippen LogP contribution in [-0.2, 0) is 20.2 Å².